The third-order valence-electron chi connectivity index (χ3n) is 5.66. The SMILES string of the molecule is CC1(C)OB(C2=CC=C3C=CC(c4ccccc4)=NC3C2)OC1(C)C. The minimum absolute atomic E-state index is 0.138. The van der Waals surface area contributed by atoms with Crippen LogP contribution in [0.4, 0.5) is 0 Å². The second kappa shape index (κ2) is 5.82. The number of nitrogens with zero attached hydrogens (tertiary/aromatic N) is 1. The van der Waals surface area contributed by atoms with Crippen LogP contribution in [0.25, 0.3) is 0 Å². The van der Waals surface area contributed by atoms with Crippen LogP contribution < -0.4 is 0 Å². The van der Waals surface area contributed by atoms with E-state index in [9.17, 15) is 0 Å². The summed E-state index contributed by atoms with van der Waals surface area (Å²) in [5.41, 5.74) is 3.99. The van der Waals surface area contributed by atoms with E-state index >= 15 is 0 Å². The van der Waals surface area contributed by atoms with Crippen molar-refractivity contribution in [3.8, 4) is 0 Å². The molecule has 1 unspecified atom stereocenters. The molecular formula is C21H24BNO2. The molecule has 0 saturated carbocycles. The van der Waals surface area contributed by atoms with Gasteiger partial charge in [-0.2, -0.15) is 0 Å². The van der Waals surface area contributed by atoms with Gasteiger partial charge in [-0.25, -0.2) is 0 Å². The van der Waals surface area contributed by atoms with E-state index in [-0.39, 0.29) is 24.4 Å². The molecule has 2 aliphatic heterocycles. The highest BCUT2D eigenvalue weighted by atomic mass is 16.7. The second-order valence-corrected chi connectivity index (χ2v) is 7.93. The van der Waals surface area contributed by atoms with Crippen molar-refractivity contribution in [2.24, 2.45) is 4.99 Å². The molecular weight excluding hydrogens is 309 g/mol. The largest absolute Gasteiger partial charge is 0.490 e. The Balaban J connectivity index is 1.57. The Kier molecular flexibility index (Phi) is 3.86. The smallest absolute Gasteiger partial charge is 0.400 e. The summed E-state index contributed by atoms with van der Waals surface area (Å²) < 4.78 is 12.4. The molecule has 4 rings (SSSR count). The van der Waals surface area contributed by atoms with Crippen molar-refractivity contribution in [1.29, 1.82) is 0 Å². The lowest BCUT2D eigenvalue weighted by atomic mass is 9.71. The lowest BCUT2D eigenvalue weighted by Crippen LogP contribution is -2.41. The fourth-order valence-corrected chi connectivity index (χ4v) is 3.35. The van der Waals surface area contributed by atoms with Gasteiger partial charge in [-0.1, -0.05) is 48.6 Å². The summed E-state index contributed by atoms with van der Waals surface area (Å²) in [5.74, 6) is 0. The van der Waals surface area contributed by atoms with Gasteiger partial charge in [0.25, 0.3) is 0 Å². The lowest BCUT2D eigenvalue weighted by Gasteiger charge is -2.32. The summed E-state index contributed by atoms with van der Waals surface area (Å²) in [7, 11) is -0.288. The molecule has 1 aromatic carbocycles. The Labute approximate surface area is 150 Å². The molecule has 3 nitrogen and oxygen atoms in total. The standard InChI is InChI=1S/C21H24BNO2/c1-20(2)21(3,4)25-22(24-20)17-12-10-16-11-13-18(23-19(16)14-17)15-8-6-5-7-9-15/h5-13,19H,14H2,1-4H3. The Bertz CT molecular complexity index is 786. The summed E-state index contributed by atoms with van der Waals surface area (Å²) in [5, 5.41) is 0. The van der Waals surface area contributed by atoms with E-state index in [4.69, 9.17) is 14.3 Å². The van der Waals surface area contributed by atoms with Crippen LogP contribution in [0.1, 0.15) is 39.7 Å². The Morgan fingerprint density at radius 1 is 0.960 bits per heavy atom. The van der Waals surface area contributed by atoms with Crippen molar-refractivity contribution in [3.63, 3.8) is 0 Å². The first-order chi connectivity index (χ1) is 11.9. The average molecular weight is 333 g/mol. The molecule has 1 atom stereocenters. The minimum Gasteiger partial charge on any atom is -0.400 e. The second-order valence-electron chi connectivity index (χ2n) is 7.93. The number of dihydropyridines is 1. The van der Waals surface area contributed by atoms with Crippen molar-refractivity contribution in [1.82, 2.24) is 0 Å². The van der Waals surface area contributed by atoms with Gasteiger partial charge in [-0.15, -0.1) is 0 Å². The van der Waals surface area contributed by atoms with Crippen molar-refractivity contribution in [2.75, 3.05) is 0 Å². The molecule has 0 radical (unpaired) electrons. The van der Waals surface area contributed by atoms with Crippen molar-refractivity contribution in [3.05, 3.63) is 71.2 Å². The zero-order chi connectivity index (χ0) is 17.7. The van der Waals surface area contributed by atoms with Crippen LogP contribution in [0.2, 0.25) is 0 Å². The van der Waals surface area contributed by atoms with Gasteiger partial charge in [0.15, 0.2) is 0 Å². The van der Waals surface area contributed by atoms with Gasteiger partial charge in [0, 0.05) is 0 Å². The predicted octanol–water partition coefficient (Wildman–Crippen LogP) is 4.30. The number of rotatable bonds is 2. The normalized spacial score (nSPS) is 26.6. The van der Waals surface area contributed by atoms with Crippen LogP contribution in [-0.4, -0.2) is 30.1 Å². The lowest BCUT2D eigenvalue weighted by molar-refractivity contribution is 0.00578. The molecule has 25 heavy (non-hydrogen) atoms. The number of hydrogen-bond donors (Lipinski definition) is 0. The van der Waals surface area contributed by atoms with E-state index in [1.54, 1.807) is 0 Å². The molecule has 1 saturated heterocycles. The summed E-state index contributed by atoms with van der Waals surface area (Å²) in [4.78, 5) is 4.98. The molecule has 128 valence electrons. The van der Waals surface area contributed by atoms with E-state index in [2.05, 4.69) is 64.1 Å². The first-order valence-electron chi connectivity index (χ1n) is 8.93. The molecule has 0 spiro atoms. The maximum absolute atomic E-state index is 6.21. The quantitative estimate of drug-likeness (QED) is 0.756. The highest BCUT2D eigenvalue weighted by Crippen LogP contribution is 2.40. The summed E-state index contributed by atoms with van der Waals surface area (Å²) in [6.07, 6.45) is 9.41. The van der Waals surface area contributed by atoms with Crippen LogP contribution in [-0.2, 0) is 9.31 Å². The molecule has 1 aliphatic carbocycles. The van der Waals surface area contributed by atoms with Gasteiger partial charge >= 0.3 is 7.12 Å². The number of aliphatic imine (C=N–C) groups is 1. The summed E-state index contributed by atoms with van der Waals surface area (Å²) in [6, 6.07) is 10.5. The number of allylic oxidation sites excluding steroid dienone is 3. The van der Waals surface area contributed by atoms with Gasteiger partial charge in [-0.3, -0.25) is 4.99 Å². The predicted molar refractivity (Wildman–Crippen MR) is 103 cm³/mol. The zero-order valence-corrected chi connectivity index (χ0v) is 15.3. The fourth-order valence-electron chi connectivity index (χ4n) is 3.35. The van der Waals surface area contributed by atoms with E-state index in [1.807, 2.05) is 18.2 Å². The molecule has 0 aromatic heterocycles. The molecule has 0 bridgehead atoms. The van der Waals surface area contributed by atoms with E-state index in [0.717, 1.165) is 17.7 Å². The van der Waals surface area contributed by atoms with E-state index in [1.165, 1.54) is 11.0 Å². The molecule has 2 heterocycles. The van der Waals surface area contributed by atoms with Gasteiger partial charge < -0.3 is 9.31 Å². The highest BCUT2D eigenvalue weighted by Gasteiger charge is 2.52. The molecule has 1 aromatic rings. The Morgan fingerprint density at radius 2 is 1.64 bits per heavy atom. The maximum Gasteiger partial charge on any atom is 0.490 e. The van der Waals surface area contributed by atoms with Crippen molar-refractivity contribution < 1.29 is 9.31 Å². The van der Waals surface area contributed by atoms with E-state index in [0.29, 0.717) is 0 Å². The summed E-state index contributed by atoms with van der Waals surface area (Å²) in [6.45, 7) is 8.36. The van der Waals surface area contributed by atoms with Crippen LogP contribution in [0.5, 0.6) is 0 Å². The topological polar surface area (TPSA) is 30.8 Å². The van der Waals surface area contributed by atoms with Gasteiger partial charge in [0.2, 0.25) is 0 Å². The first-order valence-corrected chi connectivity index (χ1v) is 8.93. The van der Waals surface area contributed by atoms with Crippen LogP contribution in [0.3, 0.4) is 0 Å². The monoisotopic (exact) mass is 333 g/mol. The van der Waals surface area contributed by atoms with Gasteiger partial charge in [0.05, 0.1) is 23.0 Å². The minimum atomic E-state index is -0.312. The molecule has 4 heteroatoms. The summed E-state index contributed by atoms with van der Waals surface area (Å²) >= 11 is 0. The van der Waals surface area contributed by atoms with Crippen LogP contribution in [0.15, 0.2) is 70.7 Å². The number of benzene rings is 1. The number of fused-ring (bicyclic) bond motifs is 1. The zero-order valence-electron chi connectivity index (χ0n) is 15.3. The third kappa shape index (κ3) is 2.94. The van der Waals surface area contributed by atoms with Crippen LogP contribution >= 0.6 is 0 Å². The molecule has 1 fully saturated rings. The van der Waals surface area contributed by atoms with Crippen molar-refractivity contribution in [2.45, 2.75) is 51.4 Å². The molecule has 0 N–H and O–H groups in total. The van der Waals surface area contributed by atoms with Gasteiger partial charge in [0.1, 0.15) is 0 Å². The van der Waals surface area contributed by atoms with E-state index < -0.39 is 0 Å². The van der Waals surface area contributed by atoms with Gasteiger partial charge in [-0.05, 0) is 56.8 Å². The van der Waals surface area contributed by atoms with Crippen LogP contribution in [0, 0.1) is 0 Å². The molecule has 0 amide bonds. The first kappa shape index (κ1) is 16.6. The van der Waals surface area contributed by atoms with Crippen molar-refractivity contribution >= 4 is 12.8 Å². The molecule has 3 aliphatic rings. The average Bonchev–Trinajstić information content (AvgIpc) is 2.82. The highest BCUT2D eigenvalue weighted by molar-refractivity contribution is 6.54. The Hall–Kier alpha value is -1.91. The maximum atomic E-state index is 6.21. The fraction of sp³-hybridized carbons (Fsp3) is 0.381. The third-order valence-corrected chi connectivity index (χ3v) is 5.66. The number of hydrogen-bond acceptors (Lipinski definition) is 3. The Morgan fingerprint density at radius 3 is 2.32 bits per heavy atom.